The molecule has 6 atom stereocenters. The fourth-order valence-electron chi connectivity index (χ4n) is 6.65. The summed E-state index contributed by atoms with van der Waals surface area (Å²) in [4.78, 5) is 25.3. The Morgan fingerprint density at radius 3 is 1.42 bits per heavy atom. The molecule has 0 aromatic carbocycles. The Balaban J connectivity index is 2.39. The topological polar surface area (TPSA) is 152 Å². The largest absolute Gasteiger partial charge is 0.462 e. The zero-order valence-electron chi connectivity index (χ0n) is 37.0. The van der Waals surface area contributed by atoms with E-state index in [0.717, 1.165) is 38.5 Å². The highest BCUT2D eigenvalue weighted by atomic mass is 16.7. The van der Waals surface area contributed by atoms with E-state index in [4.69, 9.17) is 18.9 Å². The monoisotopic (exact) mass is 833 g/mol. The Labute approximate surface area is 358 Å². The predicted octanol–water partition coefficient (Wildman–Crippen LogP) is 10.2. The molecule has 1 heterocycles. The standard InChI is InChI=1S/C49H84O10/c1-3-5-7-9-11-13-15-17-19-21-23-25-27-29-31-33-35-37-44(51)56-40-42(41-57-49-48(55)47(54)46(53)43(39-50)59-49)58-45(52)38-36-34-32-30-28-26-24-22-20-18-16-14-12-10-8-6-4-2/h18,20,23-26,29-32,42-43,46-50,53-55H,3-17,19,21-22,27-28,33-41H2,1-2H3/b20-18+,25-23+,26-24+,31-29+,32-30+/t42-,43-,46+,47?,48?,49-/m0/s1. The summed E-state index contributed by atoms with van der Waals surface area (Å²) < 4.78 is 22.1. The van der Waals surface area contributed by atoms with Gasteiger partial charge in [0.05, 0.1) is 13.2 Å². The molecule has 1 fully saturated rings. The van der Waals surface area contributed by atoms with Crippen LogP contribution in [-0.2, 0) is 28.5 Å². The van der Waals surface area contributed by atoms with Crippen LogP contribution in [0.15, 0.2) is 60.8 Å². The lowest BCUT2D eigenvalue weighted by molar-refractivity contribution is -0.305. The highest BCUT2D eigenvalue weighted by Crippen LogP contribution is 2.22. The van der Waals surface area contributed by atoms with Gasteiger partial charge in [0.25, 0.3) is 0 Å². The number of unbranched alkanes of at least 4 members (excludes halogenated alkanes) is 17. The van der Waals surface area contributed by atoms with E-state index in [-0.39, 0.29) is 26.1 Å². The van der Waals surface area contributed by atoms with Gasteiger partial charge in [-0.1, -0.05) is 158 Å². The number of carbonyl (C=O) groups is 2. The van der Waals surface area contributed by atoms with Crippen LogP contribution in [-0.4, -0.2) is 89.0 Å². The molecule has 1 rings (SSSR count). The number of esters is 2. The van der Waals surface area contributed by atoms with E-state index < -0.39 is 55.4 Å². The van der Waals surface area contributed by atoms with Gasteiger partial charge < -0.3 is 39.4 Å². The Bertz CT molecular complexity index is 1150. The SMILES string of the molecule is CCCCCCCC/C=C/C/C=C/C/C=C/CCCC(=O)O[C@@H](COC(=O)CCC/C=C/C/C=C/CCCCCCCCCCC)CO[C@H]1O[C@@H](CO)[C@@H](O)C(O)C1O. The summed E-state index contributed by atoms with van der Waals surface area (Å²) in [6.45, 7) is 3.32. The second kappa shape index (κ2) is 39.5. The average Bonchev–Trinajstić information content (AvgIpc) is 3.23. The number of carbonyl (C=O) groups excluding carboxylic acids is 2. The third-order valence-corrected chi connectivity index (χ3v) is 10.4. The third-order valence-electron chi connectivity index (χ3n) is 10.4. The average molecular weight is 833 g/mol. The van der Waals surface area contributed by atoms with Gasteiger partial charge in [0.1, 0.15) is 31.0 Å². The molecule has 1 saturated heterocycles. The summed E-state index contributed by atoms with van der Waals surface area (Å²) >= 11 is 0. The molecule has 0 radical (unpaired) electrons. The molecule has 1 aliphatic heterocycles. The van der Waals surface area contributed by atoms with E-state index in [1.165, 1.54) is 96.3 Å². The van der Waals surface area contributed by atoms with E-state index >= 15 is 0 Å². The van der Waals surface area contributed by atoms with E-state index in [2.05, 4.69) is 68.5 Å². The van der Waals surface area contributed by atoms with Crippen molar-refractivity contribution in [2.24, 2.45) is 0 Å². The molecule has 0 aromatic rings. The molecule has 10 nitrogen and oxygen atoms in total. The van der Waals surface area contributed by atoms with E-state index in [0.29, 0.717) is 19.3 Å². The molecule has 0 spiro atoms. The Morgan fingerprint density at radius 2 is 0.949 bits per heavy atom. The molecule has 0 aromatic heterocycles. The van der Waals surface area contributed by atoms with Crippen molar-refractivity contribution >= 4 is 11.9 Å². The number of aliphatic hydroxyl groups excluding tert-OH is 4. The fraction of sp³-hybridized carbons (Fsp3) is 0.755. The van der Waals surface area contributed by atoms with Crippen LogP contribution < -0.4 is 0 Å². The van der Waals surface area contributed by atoms with Gasteiger partial charge in [-0.3, -0.25) is 9.59 Å². The highest BCUT2D eigenvalue weighted by molar-refractivity contribution is 5.70. The number of allylic oxidation sites excluding steroid dienone is 10. The number of aliphatic hydroxyl groups is 4. The van der Waals surface area contributed by atoms with Gasteiger partial charge in [-0.2, -0.15) is 0 Å². The lowest BCUT2D eigenvalue weighted by Crippen LogP contribution is -2.59. The fourth-order valence-corrected chi connectivity index (χ4v) is 6.65. The minimum absolute atomic E-state index is 0.148. The molecule has 4 N–H and O–H groups in total. The Hall–Kier alpha value is -2.60. The molecular formula is C49H84O10. The number of ether oxygens (including phenoxy) is 4. The van der Waals surface area contributed by atoms with Crippen LogP contribution in [0.3, 0.4) is 0 Å². The third kappa shape index (κ3) is 31.0. The lowest BCUT2D eigenvalue weighted by atomic mass is 9.99. The van der Waals surface area contributed by atoms with Crippen LogP contribution in [0, 0.1) is 0 Å². The Kier molecular flexibility index (Phi) is 36.5. The van der Waals surface area contributed by atoms with Gasteiger partial charge >= 0.3 is 11.9 Å². The summed E-state index contributed by atoms with van der Waals surface area (Å²) in [5.41, 5.74) is 0. The maximum Gasteiger partial charge on any atom is 0.306 e. The van der Waals surface area contributed by atoms with Crippen LogP contribution in [0.1, 0.15) is 181 Å². The van der Waals surface area contributed by atoms with Crippen molar-refractivity contribution in [2.45, 2.75) is 218 Å². The van der Waals surface area contributed by atoms with Gasteiger partial charge in [-0.25, -0.2) is 0 Å². The molecule has 10 heteroatoms. The molecule has 0 amide bonds. The van der Waals surface area contributed by atoms with Crippen LogP contribution in [0.4, 0.5) is 0 Å². The van der Waals surface area contributed by atoms with Crippen molar-refractivity contribution < 1.29 is 49.0 Å². The zero-order chi connectivity index (χ0) is 43.0. The molecule has 2 unspecified atom stereocenters. The first-order valence-corrected chi connectivity index (χ1v) is 23.4. The minimum Gasteiger partial charge on any atom is -0.462 e. The van der Waals surface area contributed by atoms with Crippen molar-refractivity contribution in [3.63, 3.8) is 0 Å². The maximum atomic E-state index is 12.8. The van der Waals surface area contributed by atoms with Gasteiger partial charge in [-0.05, 0) is 70.6 Å². The van der Waals surface area contributed by atoms with Crippen molar-refractivity contribution in [1.29, 1.82) is 0 Å². The van der Waals surface area contributed by atoms with Crippen LogP contribution >= 0.6 is 0 Å². The molecular weight excluding hydrogens is 749 g/mol. The summed E-state index contributed by atoms with van der Waals surface area (Å²) in [5, 5.41) is 40.1. The van der Waals surface area contributed by atoms with Crippen molar-refractivity contribution in [3.8, 4) is 0 Å². The normalized spacial score (nSPS) is 20.5. The molecule has 340 valence electrons. The quantitative estimate of drug-likeness (QED) is 0.0269. The van der Waals surface area contributed by atoms with E-state index in [1.807, 2.05) is 6.08 Å². The summed E-state index contributed by atoms with van der Waals surface area (Å²) in [6, 6.07) is 0. The van der Waals surface area contributed by atoms with Crippen molar-refractivity contribution in [2.75, 3.05) is 19.8 Å². The van der Waals surface area contributed by atoms with Crippen molar-refractivity contribution in [3.05, 3.63) is 60.8 Å². The molecule has 0 aliphatic carbocycles. The molecule has 59 heavy (non-hydrogen) atoms. The number of hydrogen-bond acceptors (Lipinski definition) is 10. The maximum absolute atomic E-state index is 12.8. The summed E-state index contributed by atoms with van der Waals surface area (Å²) in [5.74, 6) is -0.923. The molecule has 0 saturated carbocycles. The first kappa shape index (κ1) is 54.4. The van der Waals surface area contributed by atoms with Gasteiger partial charge in [0, 0.05) is 12.8 Å². The van der Waals surface area contributed by atoms with Crippen molar-refractivity contribution in [1.82, 2.24) is 0 Å². The first-order chi connectivity index (χ1) is 28.8. The molecule has 1 aliphatic rings. The van der Waals surface area contributed by atoms with Crippen LogP contribution in [0.5, 0.6) is 0 Å². The summed E-state index contributed by atoms with van der Waals surface area (Å²) in [6.07, 6.45) is 41.0. The zero-order valence-corrected chi connectivity index (χ0v) is 37.0. The number of hydrogen-bond donors (Lipinski definition) is 4. The highest BCUT2D eigenvalue weighted by Gasteiger charge is 2.44. The second-order valence-corrected chi connectivity index (χ2v) is 15.8. The van der Waals surface area contributed by atoms with Gasteiger partial charge in [0.2, 0.25) is 0 Å². The lowest BCUT2D eigenvalue weighted by Gasteiger charge is -2.39. The van der Waals surface area contributed by atoms with E-state index in [9.17, 15) is 30.0 Å². The van der Waals surface area contributed by atoms with Gasteiger partial charge in [-0.15, -0.1) is 0 Å². The summed E-state index contributed by atoms with van der Waals surface area (Å²) in [7, 11) is 0. The number of rotatable bonds is 38. The van der Waals surface area contributed by atoms with Gasteiger partial charge in [0.15, 0.2) is 12.4 Å². The smallest absolute Gasteiger partial charge is 0.306 e. The van der Waals surface area contributed by atoms with Crippen LogP contribution in [0.2, 0.25) is 0 Å². The predicted molar refractivity (Wildman–Crippen MR) is 238 cm³/mol. The minimum atomic E-state index is -1.61. The van der Waals surface area contributed by atoms with E-state index in [1.54, 1.807) is 0 Å². The second-order valence-electron chi connectivity index (χ2n) is 15.8. The Morgan fingerprint density at radius 1 is 0.525 bits per heavy atom. The molecule has 0 bridgehead atoms. The van der Waals surface area contributed by atoms with Crippen LogP contribution in [0.25, 0.3) is 0 Å². The first-order valence-electron chi connectivity index (χ1n) is 23.4.